The van der Waals surface area contributed by atoms with Crippen molar-refractivity contribution in [2.45, 2.75) is 32.3 Å². The van der Waals surface area contributed by atoms with Crippen LogP contribution in [0.2, 0.25) is 0 Å². The van der Waals surface area contributed by atoms with Crippen LogP contribution in [-0.2, 0) is 0 Å². The van der Waals surface area contributed by atoms with E-state index < -0.39 is 0 Å². The summed E-state index contributed by atoms with van der Waals surface area (Å²) in [5.74, 6) is 1.29. The van der Waals surface area contributed by atoms with Crippen LogP contribution in [0.1, 0.15) is 36.7 Å². The Balaban J connectivity index is 1.43. The van der Waals surface area contributed by atoms with Gasteiger partial charge in [0.1, 0.15) is 0 Å². The van der Waals surface area contributed by atoms with Gasteiger partial charge in [0.2, 0.25) is 0 Å². The lowest BCUT2D eigenvalue weighted by atomic mass is 10.1. The molecule has 2 aliphatic rings. The summed E-state index contributed by atoms with van der Waals surface area (Å²) < 4.78 is 5.22. The molecule has 0 radical (unpaired) electrons. The highest BCUT2D eigenvalue weighted by molar-refractivity contribution is 5.91. The summed E-state index contributed by atoms with van der Waals surface area (Å²) in [5, 5.41) is 13.0. The molecule has 0 aromatic carbocycles. The molecule has 28 heavy (non-hydrogen) atoms. The van der Waals surface area contributed by atoms with Gasteiger partial charge in [0, 0.05) is 52.4 Å². The smallest absolute Gasteiger partial charge is 0.289 e. The number of nitrogens with zero attached hydrogens (tertiary/aromatic N) is 4. The summed E-state index contributed by atoms with van der Waals surface area (Å²) in [4.78, 5) is 23.7. The van der Waals surface area contributed by atoms with Crippen molar-refractivity contribution in [3.63, 3.8) is 0 Å². The van der Waals surface area contributed by atoms with E-state index in [0.29, 0.717) is 18.8 Å². The number of hydrogen-bond donors (Lipinski definition) is 2. The third kappa shape index (κ3) is 5.72. The van der Waals surface area contributed by atoms with Crippen LogP contribution in [0, 0.1) is 0 Å². The Morgan fingerprint density at radius 2 is 1.93 bits per heavy atom. The number of piperidine rings is 1. The highest BCUT2D eigenvalue weighted by Gasteiger charge is 2.25. The molecular weight excluding hydrogens is 358 g/mol. The first-order valence-corrected chi connectivity index (χ1v) is 10.4. The molecule has 0 atom stereocenters. The number of furan rings is 1. The Hall–Kier alpha value is -2.06. The van der Waals surface area contributed by atoms with Crippen LogP contribution in [0.15, 0.2) is 27.8 Å². The van der Waals surface area contributed by atoms with Crippen molar-refractivity contribution in [1.82, 2.24) is 20.0 Å². The Morgan fingerprint density at radius 3 is 2.57 bits per heavy atom. The van der Waals surface area contributed by atoms with Crippen LogP contribution in [-0.4, -0.2) is 96.7 Å². The van der Waals surface area contributed by atoms with Gasteiger partial charge in [0.05, 0.1) is 12.4 Å². The van der Waals surface area contributed by atoms with Gasteiger partial charge in [0.15, 0.2) is 11.7 Å². The third-order valence-corrected chi connectivity index (χ3v) is 5.38. The summed E-state index contributed by atoms with van der Waals surface area (Å²) in [6.07, 6.45) is 4.20. The van der Waals surface area contributed by atoms with E-state index in [-0.39, 0.29) is 12.0 Å². The lowest BCUT2D eigenvalue weighted by Crippen LogP contribution is -2.53. The van der Waals surface area contributed by atoms with E-state index in [2.05, 4.69) is 22.0 Å². The van der Waals surface area contributed by atoms with Crippen LogP contribution in [0.5, 0.6) is 0 Å². The molecule has 2 N–H and O–H groups in total. The highest BCUT2D eigenvalue weighted by Crippen LogP contribution is 2.11. The number of aliphatic imine (C=N–C) groups is 1. The molecule has 2 aliphatic heterocycles. The van der Waals surface area contributed by atoms with Gasteiger partial charge >= 0.3 is 0 Å². The molecule has 8 heteroatoms. The minimum atomic E-state index is -0.118. The second-order valence-corrected chi connectivity index (χ2v) is 7.42. The Kier molecular flexibility index (Phi) is 7.73. The maximum absolute atomic E-state index is 12.4. The summed E-state index contributed by atoms with van der Waals surface area (Å²) in [6.45, 7) is 9.55. The quantitative estimate of drug-likeness (QED) is 0.425. The van der Waals surface area contributed by atoms with Gasteiger partial charge in [0.25, 0.3) is 5.91 Å². The van der Waals surface area contributed by atoms with Crippen molar-refractivity contribution < 1.29 is 14.3 Å². The normalized spacial score (nSPS) is 19.9. The van der Waals surface area contributed by atoms with Crippen molar-refractivity contribution in [3.8, 4) is 0 Å². The predicted octanol–water partition coefficient (Wildman–Crippen LogP) is 0.850. The lowest BCUT2D eigenvalue weighted by molar-refractivity contribution is 0.0657. The molecule has 1 aromatic rings. The molecule has 8 nitrogen and oxygen atoms in total. The predicted molar refractivity (Wildman–Crippen MR) is 108 cm³/mol. The number of rotatable bonds is 6. The summed E-state index contributed by atoms with van der Waals surface area (Å²) in [5.41, 5.74) is 0. The molecule has 3 rings (SSSR count). The highest BCUT2D eigenvalue weighted by atomic mass is 16.3. The first-order chi connectivity index (χ1) is 13.7. The molecule has 1 amide bonds. The van der Waals surface area contributed by atoms with Gasteiger partial charge in [-0.1, -0.05) is 0 Å². The molecule has 156 valence electrons. The first-order valence-electron chi connectivity index (χ1n) is 10.4. The summed E-state index contributed by atoms with van der Waals surface area (Å²) >= 11 is 0. The van der Waals surface area contributed by atoms with Crippen LogP contribution < -0.4 is 5.32 Å². The van der Waals surface area contributed by atoms with E-state index in [1.165, 1.54) is 6.26 Å². The number of nitrogens with one attached hydrogen (secondary N) is 1. The number of likely N-dealkylation sites (tertiary alicyclic amines) is 1. The zero-order chi connectivity index (χ0) is 19.8. The van der Waals surface area contributed by atoms with E-state index in [1.807, 2.05) is 4.90 Å². The average Bonchev–Trinajstić information content (AvgIpc) is 3.26. The number of hydrogen-bond acceptors (Lipinski definition) is 5. The third-order valence-electron chi connectivity index (χ3n) is 5.38. The van der Waals surface area contributed by atoms with Gasteiger partial charge in [-0.2, -0.15) is 0 Å². The molecule has 0 unspecified atom stereocenters. The molecule has 1 aromatic heterocycles. The van der Waals surface area contributed by atoms with Crippen LogP contribution in [0.4, 0.5) is 0 Å². The standard InChI is InChI=1S/C20H33N5O3/c1-2-21-20(22-8-4-9-23-10-6-17(26)7-11-23)25-14-12-24(13-15-25)19(27)18-5-3-16-28-18/h3,5,16-17,26H,2,4,6-15H2,1H3,(H,21,22). The maximum Gasteiger partial charge on any atom is 0.289 e. The average molecular weight is 392 g/mol. The molecular formula is C20H33N5O3. The molecule has 0 aliphatic carbocycles. The zero-order valence-corrected chi connectivity index (χ0v) is 16.8. The molecule has 0 spiro atoms. The SMILES string of the molecule is CCNC(=NCCCN1CCC(O)CC1)N1CCN(C(=O)c2ccco2)CC1. The molecule has 2 fully saturated rings. The molecule has 2 saturated heterocycles. The largest absolute Gasteiger partial charge is 0.459 e. The van der Waals surface area contributed by atoms with Crippen molar-refractivity contribution in [1.29, 1.82) is 0 Å². The van der Waals surface area contributed by atoms with E-state index in [4.69, 9.17) is 9.41 Å². The fraction of sp³-hybridized carbons (Fsp3) is 0.700. The van der Waals surface area contributed by atoms with E-state index in [9.17, 15) is 9.90 Å². The topological polar surface area (TPSA) is 84.5 Å². The van der Waals surface area contributed by atoms with Crippen LogP contribution in [0.25, 0.3) is 0 Å². The van der Waals surface area contributed by atoms with Gasteiger partial charge in [-0.05, 0) is 44.9 Å². The Morgan fingerprint density at radius 1 is 1.21 bits per heavy atom. The second-order valence-electron chi connectivity index (χ2n) is 7.42. The van der Waals surface area contributed by atoms with Crippen molar-refractivity contribution >= 4 is 11.9 Å². The van der Waals surface area contributed by atoms with E-state index >= 15 is 0 Å². The zero-order valence-electron chi connectivity index (χ0n) is 16.8. The minimum absolute atomic E-state index is 0.0433. The fourth-order valence-electron chi connectivity index (χ4n) is 3.73. The monoisotopic (exact) mass is 391 g/mol. The summed E-state index contributed by atoms with van der Waals surface area (Å²) in [6, 6.07) is 3.45. The summed E-state index contributed by atoms with van der Waals surface area (Å²) in [7, 11) is 0. The first kappa shape index (κ1) is 20.7. The fourth-order valence-corrected chi connectivity index (χ4v) is 3.73. The van der Waals surface area contributed by atoms with Gasteiger partial charge < -0.3 is 29.5 Å². The van der Waals surface area contributed by atoms with Crippen LogP contribution in [0.3, 0.4) is 0 Å². The van der Waals surface area contributed by atoms with Gasteiger partial charge in [-0.3, -0.25) is 9.79 Å². The Labute approximate surface area is 167 Å². The molecule has 0 saturated carbocycles. The molecule has 0 bridgehead atoms. The number of aliphatic hydroxyl groups excluding tert-OH is 1. The molecule has 3 heterocycles. The van der Waals surface area contributed by atoms with Crippen molar-refractivity contribution in [2.24, 2.45) is 4.99 Å². The maximum atomic E-state index is 12.4. The van der Waals surface area contributed by atoms with Crippen molar-refractivity contribution in [3.05, 3.63) is 24.2 Å². The number of carbonyl (C=O) groups excluding carboxylic acids is 1. The number of piperazine rings is 1. The van der Waals surface area contributed by atoms with E-state index in [0.717, 1.165) is 71.0 Å². The number of aliphatic hydroxyl groups is 1. The Bertz CT molecular complexity index is 618. The van der Waals surface area contributed by atoms with Gasteiger partial charge in [-0.25, -0.2) is 0 Å². The van der Waals surface area contributed by atoms with E-state index in [1.54, 1.807) is 12.1 Å². The second kappa shape index (κ2) is 10.5. The number of carbonyl (C=O) groups is 1. The number of amides is 1. The lowest BCUT2D eigenvalue weighted by Gasteiger charge is -2.36. The van der Waals surface area contributed by atoms with Crippen molar-refractivity contribution in [2.75, 3.05) is 58.9 Å². The van der Waals surface area contributed by atoms with Gasteiger partial charge in [-0.15, -0.1) is 0 Å². The minimum Gasteiger partial charge on any atom is -0.459 e. The number of guanidine groups is 1. The van der Waals surface area contributed by atoms with Crippen LogP contribution >= 0.6 is 0 Å².